The third-order valence-corrected chi connectivity index (χ3v) is 6.86. The average molecular weight is 488 g/mol. The number of fused-ring (bicyclic) bond motifs is 2. The van der Waals surface area contributed by atoms with Gasteiger partial charge in [-0.25, -0.2) is 0 Å². The van der Waals surface area contributed by atoms with E-state index < -0.39 is 0 Å². The normalized spacial score (nSPS) is 13.5. The third-order valence-electron chi connectivity index (χ3n) is 5.20. The highest BCUT2D eigenvalue weighted by Crippen LogP contribution is 2.48. The van der Waals surface area contributed by atoms with Crippen LogP contribution in [0.5, 0.6) is 0 Å². The number of benzene rings is 3. The summed E-state index contributed by atoms with van der Waals surface area (Å²) in [6.45, 7) is 0.732. The molecule has 1 atom stereocenters. The molecule has 1 aliphatic rings. The second-order valence-electron chi connectivity index (χ2n) is 7.42. The zero-order chi connectivity index (χ0) is 21.2. The lowest BCUT2D eigenvalue weighted by Gasteiger charge is -2.34. The van der Waals surface area contributed by atoms with Crippen LogP contribution in [0, 0.1) is 0 Å². The third kappa shape index (κ3) is 4.41. The summed E-state index contributed by atoms with van der Waals surface area (Å²) >= 11 is 5.25. The van der Waals surface area contributed by atoms with Crippen molar-refractivity contribution in [3.8, 4) is 5.69 Å². The van der Waals surface area contributed by atoms with Crippen LogP contribution in [0.3, 0.4) is 0 Å². The van der Waals surface area contributed by atoms with Crippen LogP contribution in [0.4, 0.5) is 11.4 Å². The van der Waals surface area contributed by atoms with Gasteiger partial charge in [-0.05, 0) is 60.2 Å². The van der Waals surface area contributed by atoms with E-state index in [4.69, 9.17) is 7.85 Å². The lowest BCUT2D eigenvalue weighted by atomic mass is 9.82. The fourth-order valence-electron chi connectivity index (χ4n) is 3.65. The smallest absolute Gasteiger partial charge is 0.175 e. The average Bonchev–Trinajstić information content (AvgIpc) is 3.27. The standard InChI is InChI=1S/C23H19BBrN5S/c24-16(9-14-23-26-28-30(27-23)18-12-10-17(25)11-13-18)15-29-19-5-1-3-7-21(19)31-22-8-4-2-6-20(22)29/h1-8,10-13,16H,9,14-15H2. The summed E-state index contributed by atoms with van der Waals surface area (Å²) in [4.78, 5) is 6.40. The predicted octanol–water partition coefficient (Wildman–Crippen LogP) is 5.62. The fourth-order valence-corrected chi connectivity index (χ4v) is 5.01. The topological polar surface area (TPSA) is 46.8 Å². The van der Waals surface area contributed by atoms with E-state index in [9.17, 15) is 0 Å². The first-order valence-electron chi connectivity index (χ1n) is 10.1. The molecule has 0 spiro atoms. The molecule has 5 rings (SSSR count). The molecule has 0 N–H and O–H groups in total. The highest BCUT2D eigenvalue weighted by atomic mass is 79.9. The van der Waals surface area contributed by atoms with Gasteiger partial charge in [-0.1, -0.05) is 57.8 Å². The van der Waals surface area contributed by atoms with E-state index in [0.717, 1.165) is 23.1 Å². The molecule has 0 amide bonds. The fraction of sp³-hybridized carbons (Fsp3) is 0.174. The lowest BCUT2D eigenvalue weighted by molar-refractivity contribution is 0.693. The molecular weight excluding hydrogens is 469 g/mol. The number of aromatic nitrogens is 4. The van der Waals surface area contributed by atoms with Crippen LogP contribution in [-0.4, -0.2) is 34.6 Å². The summed E-state index contributed by atoms with van der Waals surface area (Å²) in [5, 5.41) is 12.9. The van der Waals surface area contributed by atoms with Gasteiger partial charge in [-0.15, -0.1) is 15.0 Å². The molecule has 0 saturated carbocycles. The molecule has 1 aliphatic heterocycles. The van der Waals surface area contributed by atoms with E-state index in [1.54, 1.807) is 4.80 Å². The molecule has 5 nitrogen and oxygen atoms in total. The van der Waals surface area contributed by atoms with Gasteiger partial charge in [-0.3, -0.25) is 0 Å². The molecular formula is C23H19BBrN5S. The van der Waals surface area contributed by atoms with Crippen LogP contribution >= 0.6 is 27.7 Å². The number of tetrazole rings is 1. The molecule has 2 radical (unpaired) electrons. The zero-order valence-electron chi connectivity index (χ0n) is 16.7. The Morgan fingerprint density at radius 2 is 1.55 bits per heavy atom. The first-order chi connectivity index (χ1) is 15.2. The van der Waals surface area contributed by atoms with Gasteiger partial charge in [-0.2, -0.15) is 0 Å². The Balaban J connectivity index is 1.27. The molecule has 2 heterocycles. The summed E-state index contributed by atoms with van der Waals surface area (Å²) in [7, 11) is 6.56. The van der Waals surface area contributed by atoms with Crippen molar-refractivity contribution in [3.05, 3.63) is 83.1 Å². The highest BCUT2D eigenvalue weighted by molar-refractivity contribution is 9.10. The maximum absolute atomic E-state index is 6.56. The Labute approximate surface area is 195 Å². The van der Waals surface area contributed by atoms with Gasteiger partial charge in [0, 0.05) is 27.2 Å². The maximum Gasteiger partial charge on any atom is 0.175 e. The van der Waals surface area contributed by atoms with Crippen LogP contribution < -0.4 is 4.90 Å². The minimum absolute atomic E-state index is 0.0242. The van der Waals surface area contributed by atoms with Crippen molar-refractivity contribution < 1.29 is 0 Å². The van der Waals surface area contributed by atoms with E-state index >= 15 is 0 Å². The Bertz CT molecular complexity index is 1150. The number of para-hydroxylation sites is 2. The van der Waals surface area contributed by atoms with E-state index in [0.29, 0.717) is 12.2 Å². The van der Waals surface area contributed by atoms with Gasteiger partial charge in [0.25, 0.3) is 0 Å². The van der Waals surface area contributed by atoms with Gasteiger partial charge < -0.3 is 4.90 Å². The number of anilines is 2. The van der Waals surface area contributed by atoms with Crippen molar-refractivity contribution in [3.63, 3.8) is 0 Å². The van der Waals surface area contributed by atoms with Crippen LogP contribution in [0.25, 0.3) is 5.69 Å². The number of aryl methyl sites for hydroxylation is 1. The molecule has 1 unspecified atom stereocenters. The van der Waals surface area contributed by atoms with Crippen molar-refractivity contribution in [1.82, 2.24) is 20.2 Å². The zero-order valence-corrected chi connectivity index (χ0v) is 19.1. The number of nitrogens with zero attached hydrogens (tertiary/aromatic N) is 5. The largest absolute Gasteiger partial charge is 0.340 e. The molecule has 0 bridgehead atoms. The van der Waals surface area contributed by atoms with Crippen molar-refractivity contribution in [2.45, 2.75) is 28.4 Å². The number of halogens is 1. The van der Waals surface area contributed by atoms with Crippen molar-refractivity contribution in [1.29, 1.82) is 0 Å². The van der Waals surface area contributed by atoms with Crippen LogP contribution in [0.1, 0.15) is 12.2 Å². The molecule has 0 aliphatic carbocycles. The Morgan fingerprint density at radius 3 is 2.23 bits per heavy atom. The minimum atomic E-state index is -0.0242. The molecule has 0 fully saturated rings. The second-order valence-corrected chi connectivity index (χ2v) is 9.42. The van der Waals surface area contributed by atoms with Crippen molar-refractivity contribution in [2.75, 3.05) is 11.4 Å². The van der Waals surface area contributed by atoms with Gasteiger partial charge in [0.15, 0.2) is 5.82 Å². The monoisotopic (exact) mass is 487 g/mol. The maximum atomic E-state index is 6.56. The van der Waals surface area contributed by atoms with E-state index in [1.807, 2.05) is 36.0 Å². The van der Waals surface area contributed by atoms with Gasteiger partial charge in [0.2, 0.25) is 0 Å². The minimum Gasteiger partial charge on any atom is -0.340 e. The highest BCUT2D eigenvalue weighted by Gasteiger charge is 2.24. The van der Waals surface area contributed by atoms with Gasteiger partial charge in [0.05, 0.1) is 24.9 Å². The van der Waals surface area contributed by atoms with Gasteiger partial charge in [0.1, 0.15) is 0 Å². The first kappa shape index (κ1) is 20.3. The summed E-state index contributed by atoms with van der Waals surface area (Å²) in [6, 6.07) is 24.8. The van der Waals surface area contributed by atoms with E-state index in [1.165, 1.54) is 21.2 Å². The summed E-state index contributed by atoms with van der Waals surface area (Å²) in [5.74, 6) is 0.678. The lowest BCUT2D eigenvalue weighted by Crippen LogP contribution is -2.25. The Hall–Kier alpha value is -2.58. The molecule has 0 saturated heterocycles. The number of hydrogen-bond acceptors (Lipinski definition) is 5. The number of rotatable bonds is 6. The Morgan fingerprint density at radius 1 is 0.903 bits per heavy atom. The predicted molar refractivity (Wildman–Crippen MR) is 129 cm³/mol. The van der Waals surface area contributed by atoms with Crippen LogP contribution in [0.2, 0.25) is 5.82 Å². The van der Waals surface area contributed by atoms with E-state index in [2.05, 4.69) is 84.8 Å². The first-order valence-corrected chi connectivity index (χ1v) is 11.7. The van der Waals surface area contributed by atoms with Gasteiger partial charge >= 0.3 is 0 Å². The molecule has 3 aromatic carbocycles. The van der Waals surface area contributed by atoms with Crippen molar-refractivity contribution in [2.24, 2.45) is 0 Å². The summed E-state index contributed by atoms with van der Waals surface area (Å²) in [6.07, 6.45) is 1.46. The Kier molecular flexibility index (Phi) is 5.83. The molecule has 31 heavy (non-hydrogen) atoms. The quantitative estimate of drug-likeness (QED) is 0.330. The SMILES string of the molecule is [B]C(CCc1nnn(-c2ccc(Br)cc2)n1)CN1c2ccccc2Sc2ccccc21. The molecule has 8 heteroatoms. The molecule has 1 aromatic heterocycles. The molecule has 152 valence electrons. The van der Waals surface area contributed by atoms with Crippen LogP contribution in [-0.2, 0) is 6.42 Å². The molecule has 4 aromatic rings. The second kappa shape index (κ2) is 8.89. The summed E-state index contributed by atoms with van der Waals surface area (Å²) < 4.78 is 1.02. The summed E-state index contributed by atoms with van der Waals surface area (Å²) in [5.41, 5.74) is 3.30. The van der Waals surface area contributed by atoms with Crippen LogP contribution in [0.15, 0.2) is 87.1 Å². The van der Waals surface area contributed by atoms with E-state index in [-0.39, 0.29) is 5.82 Å². The number of hydrogen-bond donors (Lipinski definition) is 0. The van der Waals surface area contributed by atoms with Crippen molar-refractivity contribution >= 4 is 46.9 Å².